The van der Waals surface area contributed by atoms with E-state index >= 15 is 0 Å². The summed E-state index contributed by atoms with van der Waals surface area (Å²) in [6.45, 7) is 13.9. The molecule has 8 nitrogen and oxygen atoms in total. The summed E-state index contributed by atoms with van der Waals surface area (Å²) in [6.07, 6.45) is 2.59. The van der Waals surface area contributed by atoms with Gasteiger partial charge in [0.15, 0.2) is 0 Å². The third-order valence-corrected chi connectivity index (χ3v) is 10.4. The van der Waals surface area contributed by atoms with Gasteiger partial charge in [0.1, 0.15) is 30.5 Å². The number of halogens is 4. The van der Waals surface area contributed by atoms with Gasteiger partial charge in [-0.25, -0.2) is 15.4 Å². The van der Waals surface area contributed by atoms with Gasteiger partial charge in [-0.15, -0.1) is 0 Å². The molecule has 0 radical (unpaired) electrons. The van der Waals surface area contributed by atoms with E-state index in [0.717, 1.165) is 24.8 Å². The van der Waals surface area contributed by atoms with Gasteiger partial charge in [-0.05, 0) is 54.6 Å². The van der Waals surface area contributed by atoms with Crippen molar-refractivity contribution < 1.29 is 18.3 Å². The Morgan fingerprint density at radius 2 is 2.00 bits per heavy atom. The van der Waals surface area contributed by atoms with Crippen LogP contribution in [0.4, 0.5) is 14.6 Å². The Hall–Kier alpha value is -4.04. The molecule has 47 heavy (non-hydrogen) atoms. The van der Waals surface area contributed by atoms with Gasteiger partial charge < -0.3 is 19.4 Å². The number of aromatic nitrogens is 2. The lowest BCUT2D eigenvalue weighted by molar-refractivity contribution is -0.128. The second-order valence-corrected chi connectivity index (χ2v) is 13.3. The number of carbonyl (C=O) groups excluding carboxylic acids is 1. The van der Waals surface area contributed by atoms with Crippen LogP contribution in [0.25, 0.3) is 37.6 Å². The van der Waals surface area contributed by atoms with Crippen LogP contribution in [0.2, 0.25) is 10.0 Å². The summed E-state index contributed by atoms with van der Waals surface area (Å²) in [5, 5.41) is 2.34. The second-order valence-electron chi connectivity index (χ2n) is 12.5. The molecule has 0 aliphatic carbocycles. The molecule has 0 bridgehead atoms. The molecule has 3 aliphatic rings. The summed E-state index contributed by atoms with van der Waals surface area (Å²) in [4.78, 5) is 31.7. The van der Waals surface area contributed by atoms with E-state index in [2.05, 4.69) is 16.3 Å². The van der Waals surface area contributed by atoms with Crippen LogP contribution in [0.3, 0.4) is 0 Å². The van der Waals surface area contributed by atoms with E-state index in [1.54, 1.807) is 17.0 Å². The van der Waals surface area contributed by atoms with Crippen LogP contribution >= 0.6 is 23.2 Å². The first-order valence-electron chi connectivity index (χ1n) is 15.6. The third kappa shape index (κ3) is 5.64. The number of amides is 1. The summed E-state index contributed by atoms with van der Waals surface area (Å²) in [6, 6.07) is 11.9. The zero-order valence-electron chi connectivity index (χ0n) is 25.6. The Morgan fingerprint density at radius 3 is 2.81 bits per heavy atom. The second kappa shape index (κ2) is 12.5. The number of alkyl halides is 1. The van der Waals surface area contributed by atoms with Crippen LogP contribution < -0.4 is 9.64 Å². The SMILES string of the molecule is [C-]#[N+]C[C@H]1CN(c2nc(OCC34CCCN3C[C@H](F)C4)nc3cc(-c4cccc5ccc(F)c(Cl)c45)c(Cl)cc23)CCN1C(=O)C=C. The van der Waals surface area contributed by atoms with Crippen molar-refractivity contribution in [3.05, 3.63) is 82.4 Å². The zero-order chi connectivity index (χ0) is 32.9. The Labute approximate surface area is 281 Å². The molecular formula is C35H32Cl2F2N6O2. The molecule has 0 spiro atoms. The van der Waals surface area contributed by atoms with E-state index in [1.165, 1.54) is 12.1 Å². The minimum absolute atomic E-state index is 0.00237. The van der Waals surface area contributed by atoms with E-state index in [4.69, 9.17) is 44.5 Å². The molecule has 12 heteroatoms. The highest BCUT2D eigenvalue weighted by Gasteiger charge is 2.49. The van der Waals surface area contributed by atoms with E-state index in [-0.39, 0.29) is 36.1 Å². The van der Waals surface area contributed by atoms with Crippen molar-refractivity contribution in [1.29, 1.82) is 0 Å². The van der Waals surface area contributed by atoms with Gasteiger partial charge in [-0.3, -0.25) is 9.69 Å². The van der Waals surface area contributed by atoms with Crippen molar-refractivity contribution in [2.75, 3.05) is 50.8 Å². The highest BCUT2D eigenvalue weighted by atomic mass is 35.5. The normalized spacial score (nSPS) is 22.9. The van der Waals surface area contributed by atoms with Gasteiger partial charge in [-0.2, -0.15) is 9.97 Å². The highest BCUT2D eigenvalue weighted by molar-refractivity contribution is 6.38. The molecule has 3 aromatic carbocycles. The van der Waals surface area contributed by atoms with Crippen molar-refractivity contribution in [1.82, 2.24) is 19.8 Å². The van der Waals surface area contributed by atoms with Gasteiger partial charge >= 0.3 is 6.01 Å². The molecule has 1 unspecified atom stereocenters. The van der Waals surface area contributed by atoms with E-state index in [0.29, 0.717) is 70.9 Å². The first-order valence-corrected chi connectivity index (χ1v) is 16.4. The summed E-state index contributed by atoms with van der Waals surface area (Å²) in [7, 11) is 0. The lowest BCUT2D eigenvalue weighted by Gasteiger charge is -2.39. The number of piperazine rings is 1. The lowest BCUT2D eigenvalue weighted by Crippen LogP contribution is -2.56. The Morgan fingerprint density at radius 1 is 1.15 bits per heavy atom. The average Bonchev–Trinajstić information content (AvgIpc) is 3.60. The molecule has 7 rings (SSSR count). The van der Waals surface area contributed by atoms with Crippen LogP contribution in [0, 0.1) is 12.4 Å². The first kappa shape index (κ1) is 31.6. The molecule has 242 valence electrons. The zero-order valence-corrected chi connectivity index (χ0v) is 27.1. The highest BCUT2D eigenvalue weighted by Crippen LogP contribution is 2.43. The number of ether oxygens (including phenoxy) is 1. The number of rotatable bonds is 7. The topological polar surface area (TPSA) is 66.2 Å². The third-order valence-electron chi connectivity index (χ3n) is 9.74. The number of anilines is 1. The van der Waals surface area contributed by atoms with Gasteiger partial charge in [0.2, 0.25) is 12.5 Å². The summed E-state index contributed by atoms with van der Waals surface area (Å²) in [5.74, 6) is -0.206. The Kier molecular flexibility index (Phi) is 8.41. The molecule has 0 N–H and O–H groups in total. The number of benzene rings is 3. The van der Waals surface area contributed by atoms with Crippen molar-refractivity contribution in [3.63, 3.8) is 0 Å². The minimum atomic E-state index is -0.900. The van der Waals surface area contributed by atoms with Crippen LogP contribution in [0.1, 0.15) is 19.3 Å². The fourth-order valence-corrected chi connectivity index (χ4v) is 8.06. The molecule has 3 aliphatic heterocycles. The van der Waals surface area contributed by atoms with E-state index in [9.17, 15) is 13.6 Å². The van der Waals surface area contributed by atoms with Crippen LogP contribution in [0.15, 0.2) is 55.1 Å². The Bertz CT molecular complexity index is 1950. The number of fused-ring (bicyclic) bond motifs is 3. The smallest absolute Gasteiger partial charge is 0.319 e. The molecule has 3 fully saturated rings. The number of hydrogen-bond donors (Lipinski definition) is 0. The molecule has 3 atom stereocenters. The van der Waals surface area contributed by atoms with Crippen molar-refractivity contribution in [3.8, 4) is 17.1 Å². The lowest BCUT2D eigenvalue weighted by atomic mass is 9.95. The molecule has 4 aromatic rings. The molecule has 3 saturated heterocycles. The van der Waals surface area contributed by atoms with Gasteiger partial charge in [-0.1, -0.05) is 54.0 Å². The summed E-state index contributed by atoms with van der Waals surface area (Å²) < 4.78 is 35.5. The monoisotopic (exact) mass is 676 g/mol. The summed E-state index contributed by atoms with van der Waals surface area (Å²) in [5.41, 5.74) is 1.40. The quantitative estimate of drug-likeness (QED) is 0.156. The predicted octanol–water partition coefficient (Wildman–Crippen LogP) is 6.97. The predicted molar refractivity (Wildman–Crippen MR) is 180 cm³/mol. The van der Waals surface area contributed by atoms with Gasteiger partial charge in [0.05, 0.1) is 16.1 Å². The van der Waals surface area contributed by atoms with Crippen molar-refractivity contribution in [2.24, 2.45) is 0 Å². The van der Waals surface area contributed by atoms with Gasteiger partial charge in [0.25, 0.3) is 0 Å². The van der Waals surface area contributed by atoms with Crippen LogP contribution in [-0.2, 0) is 4.79 Å². The molecular weight excluding hydrogens is 645 g/mol. The maximum atomic E-state index is 14.6. The maximum Gasteiger partial charge on any atom is 0.319 e. The van der Waals surface area contributed by atoms with Crippen LogP contribution in [-0.4, -0.2) is 89.3 Å². The van der Waals surface area contributed by atoms with E-state index < -0.39 is 17.5 Å². The minimum Gasteiger partial charge on any atom is -0.461 e. The van der Waals surface area contributed by atoms with E-state index in [1.807, 2.05) is 29.2 Å². The molecule has 0 saturated carbocycles. The fraction of sp³-hybridized carbons (Fsp3) is 0.371. The van der Waals surface area contributed by atoms with Crippen molar-refractivity contribution in [2.45, 2.75) is 37.0 Å². The number of hydrogen-bond acceptors (Lipinski definition) is 6. The maximum absolute atomic E-state index is 14.6. The van der Waals surface area contributed by atoms with Crippen molar-refractivity contribution >= 4 is 56.6 Å². The standard InChI is InChI=1S/C35H32Cl2F2N6O2/c1-3-30(46)45-13-12-43(19-23(45)17-40-2)33-26-14-27(36)25(24-7-4-6-21-8-9-28(39)32(37)31(21)24)15-29(26)41-34(42-33)47-20-35-10-5-11-44(35)18-22(38)16-35/h3-4,6-9,14-15,22-23H,1,5,10-13,16-20H2/t22-,23+,35?/m1/s1. The number of nitrogens with zero attached hydrogens (tertiary/aromatic N) is 6. The fourth-order valence-electron chi connectivity index (χ4n) is 7.52. The van der Waals surface area contributed by atoms with Gasteiger partial charge in [0, 0.05) is 54.0 Å². The molecule has 4 heterocycles. The Balaban J connectivity index is 1.34. The molecule has 1 amide bonds. The molecule has 1 aromatic heterocycles. The van der Waals surface area contributed by atoms with Crippen LogP contribution in [0.5, 0.6) is 6.01 Å². The average molecular weight is 678 g/mol. The first-order chi connectivity index (χ1) is 22.7. The summed E-state index contributed by atoms with van der Waals surface area (Å²) >= 11 is 13.5. The largest absolute Gasteiger partial charge is 0.461 e. The number of carbonyl (C=O) groups is 1.